The molecule has 0 radical (unpaired) electrons. The molecule has 4 N–H and O–H groups in total. The first-order chi connectivity index (χ1) is 8.97. The number of nitrogens with two attached hydrogens (primary N) is 2. The normalized spacial score (nSPS) is 13.8. The molecular weight excluding hydrogens is 260 g/mol. The summed E-state index contributed by atoms with van der Waals surface area (Å²) in [7, 11) is 1.67. The van der Waals surface area contributed by atoms with Gasteiger partial charge >= 0.3 is 0 Å². The number of hydrogen-bond donors (Lipinski definition) is 2. The molecule has 1 amide bonds. The molecule has 19 heavy (non-hydrogen) atoms. The molecule has 1 aromatic rings. The number of ether oxygens (including phenoxy) is 1. The summed E-state index contributed by atoms with van der Waals surface area (Å²) in [6, 6.07) is 7.94. The maximum Gasteiger partial charge on any atom is 0.237 e. The van der Waals surface area contributed by atoms with Gasteiger partial charge in [-0.05, 0) is 37.7 Å². The lowest BCUT2D eigenvalue weighted by Gasteiger charge is -2.19. The number of hydrogen-bond acceptors (Lipinski definition) is 4. The van der Waals surface area contributed by atoms with Gasteiger partial charge in [0.2, 0.25) is 5.91 Å². The Bertz CT molecular complexity index is 422. The fourth-order valence-electron chi connectivity index (χ4n) is 1.64. The summed E-state index contributed by atoms with van der Waals surface area (Å²) >= 11 is 1.75. The maximum atomic E-state index is 11.1. The van der Waals surface area contributed by atoms with E-state index in [0.29, 0.717) is 6.42 Å². The summed E-state index contributed by atoms with van der Waals surface area (Å²) in [4.78, 5) is 12.2. The van der Waals surface area contributed by atoms with E-state index in [4.69, 9.17) is 16.2 Å². The van der Waals surface area contributed by atoms with Gasteiger partial charge in [0.1, 0.15) is 5.75 Å². The quantitative estimate of drug-likeness (QED) is 0.566. The van der Waals surface area contributed by atoms with Crippen molar-refractivity contribution in [3.63, 3.8) is 0 Å². The highest BCUT2D eigenvalue weighted by molar-refractivity contribution is 7.99. The summed E-state index contributed by atoms with van der Waals surface area (Å²) in [5.74, 6) is 1.42. The first-order valence-corrected chi connectivity index (χ1v) is 7.30. The SMILES string of the molecule is COc1ccccc1SCCCCC(C)(N)C(N)=O. The van der Waals surface area contributed by atoms with Gasteiger partial charge in [0, 0.05) is 4.90 Å². The number of para-hydroxylation sites is 1. The van der Waals surface area contributed by atoms with Crippen LogP contribution in [-0.4, -0.2) is 24.3 Å². The third-order valence-corrected chi connectivity index (χ3v) is 4.12. The Morgan fingerprint density at radius 2 is 2.05 bits per heavy atom. The van der Waals surface area contributed by atoms with Crippen LogP contribution in [0.2, 0.25) is 0 Å². The van der Waals surface area contributed by atoms with Crippen LogP contribution in [0.15, 0.2) is 29.2 Å². The summed E-state index contributed by atoms with van der Waals surface area (Å²) in [5.41, 5.74) is 10.1. The number of rotatable bonds is 8. The van der Waals surface area contributed by atoms with E-state index in [1.165, 1.54) is 0 Å². The van der Waals surface area contributed by atoms with Crippen LogP contribution in [0.4, 0.5) is 0 Å². The second-order valence-electron chi connectivity index (χ2n) is 4.74. The smallest absolute Gasteiger partial charge is 0.237 e. The molecule has 0 aromatic heterocycles. The highest BCUT2D eigenvalue weighted by Crippen LogP contribution is 2.29. The van der Waals surface area contributed by atoms with Gasteiger partial charge in [-0.25, -0.2) is 0 Å². The molecule has 1 rings (SSSR count). The summed E-state index contributed by atoms with van der Waals surface area (Å²) in [6.45, 7) is 1.68. The molecule has 0 spiro atoms. The third kappa shape index (κ3) is 5.12. The Morgan fingerprint density at radius 3 is 2.68 bits per heavy atom. The highest BCUT2D eigenvalue weighted by atomic mass is 32.2. The number of methoxy groups -OCH3 is 1. The largest absolute Gasteiger partial charge is 0.496 e. The molecule has 0 fully saturated rings. The Labute approximate surface area is 118 Å². The molecule has 106 valence electrons. The number of unbranched alkanes of at least 4 members (excludes halogenated alkanes) is 1. The van der Waals surface area contributed by atoms with E-state index in [0.717, 1.165) is 29.2 Å². The number of carbonyl (C=O) groups is 1. The van der Waals surface area contributed by atoms with Gasteiger partial charge in [-0.15, -0.1) is 11.8 Å². The minimum Gasteiger partial charge on any atom is -0.496 e. The topological polar surface area (TPSA) is 78.3 Å². The van der Waals surface area contributed by atoms with Crippen molar-refractivity contribution in [2.24, 2.45) is 11.5 Å². The van der Waals surface area contributed by atoms with Crippen molar-refractivity contribution in [1.82, 2.24) is 0 Å². The summed E-state index contributed by atoms with van der Waals surface area (Å²) in [5, 5.41) is 0. The Balaban J connectivity index is 2.30. The Hall–Kier alpha value is -1.20. The zero-order chi connectivity index (χ0) is 14.3. The van der Waals surface area contributed by atoms with E-state index >= 15 is 0 Å². The molecule has 0 saturated heterocycles. The first-order valence-electron chi connectivity index (χ1n) is 6.32. The standard InChI is InChI=1S/C14H22N2O2S/c1-14(16,13(15)17)9-5-6-10-19-12-8-4-3-7-11(12)18-2/h3-4,7-8H,5-6,9-10,16H2,1-2H3,(H2,15,17). The van der Waals surface area contributed by atoms with Crippen LogP contribution in [0.3, 0.4) is 0 Å². The van der Waals surface area contributed by atoms with E-state index in [2.05, 4.69) is 0 Å². The Kier molecular flexibility index (Phi) is 6.18. The molecule has 0 aliphatic rings. The second-order valence-corrected chi connectivity index (χ2v) is 5.87. The van der Waals surface area contributed by atoms with Gasteiger partial charge in [-0.1, -0.05) is 18.6 Å². The van der Waals surface area contributed by atoms with Crippen LogP contribution in [0.1, 0.15) is 26.2 Å². The third-order valence-electron chi connectivity index (χ3n) is 2.98. The molecule has 5 heteroatoms. The first kappa shape index (κ1) is 15.9. The van der Waals surface area contributed by atoms with E-state index in [1.807, 2.05) is 24.3 Å². The number of primary amides is 1. The molecule has 1 atom stereocenters. The van der Waals surface area contributed by atoms with Crippen molar-refractivity contribution >= 4 is 17.7 Å². The van der Waals surface area contributed by atoms with Gasteiger partial charge in [-0.3, -0.25) is 4.79 Å². The van der Waals surface area contributed by atoms with Crippen molar-refractivity contribution < 1.29 is 9.53 Å². The van der Waals surface area contributed by atoms with Crippen LogP contribution in [0, 0.1) is 0 Å². The van der Waals surface area contributed by atoms with Crippen molar-refractivity contribution in [2.75, 3.05) is 12.9 Å². The van der Waals surface area contributed by atoms with Crippen LogP contribution in [-0.2, 0) is 4.79 Å². The van der Waals surface area contributed by atoms with E-state index in [9.17, 15) is 4.79 Å². The number of benzene rings is 1. The number of carbonyl (C=O) groups excluding carboxylic acids is 1. The lowest BCUT2D eigenvalue weighted by molar-refractivity contribution is -0.122. The van der Waals surface area contributed by atoms with Crippen LogP contribution >= 0.6 is 11.8 Å². The fourth-order valence-corrected chi connectivity index (χ4v) is 2.67. The number of thioether (sulfide) groups is 1. The molecule has 1 unspecified atom stereocenters. The fraction of sp³-hybridized carbons (Fsp3) is 0.500. The van der Waals surface area contributed by atoms with Gasteiger partial charge < -0.3 is 16.2 Å². The van der Waals surface area contributed by atoms with Gasteiger partial charge in [0.25, 0.3) is 0 Å². The molecule has 0 heterocycles. The average Bonchev–Trinajstić information content (AvgIpc) is 2.38. The molecule has 4 nitrogen and oxygen atoms in total. The zero-order valence-electron chi connectivity index (χ0n) is 11.5. The molecule has 1 aromatic carbocycles. The molecule has 0 bridgehead atoms. The summed E-state index contributed by atoms with van der Waals surface area (Å²) < 4.78 is 5.29. The molecule has 0 saturated carbocycles. The monoisotopic (exact) mass is 282 g/mol. The minimum absolute atomic E-state index is 0.440. The van der Waals surface area contributed by atoms with Crippen LogP contribution in [0.25, 0.3) is 0 Å². The number of amides is 1. The van der Waals surface area contributed by atoms with Crippen molar-refractivity contribution in [1.29, 1.82) is 0 Å². The average molecular weight is 282 g/mol. The zero-order valence-corrected chi connectivity index (χ0v) is 12.3. The van der Waals surface area contributed by atoms with Crippen LogP contribution < -0.4 is 16.2 Å². The van der Waals surface area contributed by atoms with Crippen LogP contribution in [0.5, 0.6) is 5.75 Å². The van der Waals surface area contributed by atoms with Crippen molar-refractivity contribution in [3.05, 3.63) is 24.3 Å². The van der Waals surface area contributed by atoms with Crippen molar-refractivity contribution in [2.45, 2.75) is 36.6 Å². The highest BCUT2D eigenvalue weighted by Gasteiger charge is 2.24. The maximum absolute atomic E-state index is 11.1. The lowest BCUT2D eigenvalue weighted by Crippen LogP contribution is -2.49. The lowest BCUT2D eigenvalue weighted by atomic mass is 9.96. The molecule has 0 aliphatic carbocycles. The van der Waals surface area contributed by atoms with Gasteiger partial charge in [0.15, 0.2) is 0 Å². The van der Waals surface area contributed by atoms with Gasteiger partial charge in [-0.2, -0.15) is 0 Å². The van der Waals surface area contributed by atoms with E-state index < -0.39 is 11.4 Å². The summed E-state index contributed by atoms with van der Waals surface area (Å²) in [6.07, 6.45) is 2.50. The van der Waals surface area contributed by atoms with Crippen molar-refractivity contribution in [3.8, 4) is 5.75 Å². The molecule has 0 aliphatic heterocycles. The second kappa shape index (κ2) is 7.40. The molecular formula is C14H22N2O2S. The Morgan fingerprint density at radius 1 is 1.37 bits per heavy atom. The predicted molar refractivity (Wildman–Crippen MR) is 79.4 cm³/mol. The predicted octanol–water partition coefficient (Wildman–Crippen LogP) is 2.16. The van der Waals surface area contributed by atoms with Gasteiger partial charge in [0.05, 0.1) is 12.6 Å². The minimum atomic E-state index is -0.894. The van der Waals surface area contributed by atoms with E-state index in [-0.39, 0.29) is 0 Å². The van der Waals surface area contributed by atoms with E-state index in [1.54, 1.807) is 25.8 Å².